The lowest BCUT2D eigenvalue weighted by Crippen LogP contribution is -2.53. The first kappa shape index (κ1) is 12.3. The molecule has 1 aromatic carbocycles. The highest BCUT2D eigenvalue weighted by Crippen LogP contribution is 2.39. The second kappa shape index (κ2) is 5.02. The second-order valence-electron chi connectivity index (χ2n) is 4.58. The summed E-state index contributed by atoms with van der Waals surface area (Å²) >= 11 is 0. The number of ether oxygens (including phenoxy) is 1. The maximum atomic E-state index is 13.0. The van der Waals surface area contributed by atoms with E-state index in [4.69, 9.17) is 4.74 Å². The SMILES string of the molecule is CNC(CO)(COc1cccc(F)c1)C1CC1. The number of nitrogens with one attached hydrogen (secondary N) is 1. The van der Waals surface area contributed by atoms with E-state index < -0.39 is 5.54 Å². The smallest absolute Gasteiger partial charge is 0.126 e. The highest BCUT2D eigenvalue weighted by Gasteiger charge is 2.44. The van der Waals surface area contributed by atoms with Crippen molar-refractivity contribution < 1.29 is 14.2 Å². The van der Waals surface area contributed by atoms with Crippen LogP contribution in [0.3, 0.4) is 0 Å². The molecule has 94 valence electrons. The fraction of sp³-hybridized carbons (Fsp3) is 0.538. The van der Waals surface area contributed by atoms with Crippen molar-refractivity contribution in [2.45, 2.75) is 18.4 Å². The van der Waals surface area contributed by atoms with E-state index >= 15 is 0 Å². The standard InChI is InChI=1S/C13H18FNO2/c1-15-13(8-16,10-5-6-10)9-17-12-4-2-3-11(14)7-12/h2-4,7,10,15-16H,5-6,8-9H2,1H3. The minimum Gasteiger partial charge on any atom is -0.491 e. The van der Waals surface area contributed by atoms with E-state index in [1.165, 1.54) is 12.1 Å². The van der Waals surface area contributed by atoms with Crippen LogP contribution in [0, 0.1) is 11.7 Å². The fourth-order valence-corrected chi connectivity index (χ4v) is 2.05. The minimum absolute atomic E-state index is 0.0312. The van der Waals surface area contributed by atoms with E-state index in [-0.39, 0.29) is 12.4 Å². The summed E-state index contributed by atoms with van der Waals surface area (Å²) in [6.45, 7) is 0.387. The largest absolute Gasteiger partial charge is 0.491 e. The van der Waals surface area contributed by atoms with Gasteiger partial charge in [0.25, 0.3) is 0 Å². The summed E-state index contributed by atoms with van der Waals surface area (Å²) in [5.41, 5.74) is -0.397. The van der Waals surface area contributed by atoms with E-state index in [0.29, 0.717) is 18.3 Å². The van der Waals surface area contributed by atoms with Crippen molar-refractivity contribution >= 4 is 0 Å². The van der Waals surface area contributed by atoms with Crippen molar-refractivity contribution in [3.63, 3.8) is 0 Å². The van der Waals surface area contributed by atoms with Crippen LogP contribution in [0.2, 0.25) is 0 Å². The molecular formula is C13H18FNO2. The van der Waals surface area contributed by atoms with Crippen LogP contribution in [0.15, 0.2) is 24.3 Å². The number of hydrogen-bond acceptors (Lipinski definition) is 3. The van der Waals surface area contributed by atoms with E-state index in [0.717, 1.165) is 12.8 Å². The number of aliphatic hydroxyl groups is 1. The van der Waals surface area contributed by atoms with Crippen molar-refractivity contribution in [2.75, 3.05) is 20.3 Å². The Hall–Kier alpha value is -1.13. The zero-order chi connectivity index (χ0) is 12.3. The van der Waals surface area contributed by atoms with E-state index in [1.807, 2.05) is 7.05 Å². The lowest BCUT2D eigenvalue weighted by Gasteiger charge is -2.31. The molecular weight excluding hydrogens is 221 g/mol. The van der Waals surface area contributed by atoms with Crippen molar-refractivity contribution in [2.24, 2.45) is 5.92 Å². The molecule has 1 saturated carbocycles. The molecule has 1 aliphatic rings. The van der Waals surface area contributed by atoms with Crippen molar-refractivity contribution in [3.8, 4) is 5.75 Å². The molecule has 0 aromatic heterocycles. The molecule has 3 nitrogen and oxygen atoms in total. The zero-order valence-corrected chi connectivity index (χ0v) is 9.95. The van der Waals surface area contributed by atoms with Gasteiger partial charge in [0, 0.05) is 6.07 Å². The molecule has 0 radical (unpaired) electrons. The number of halogens is 1. The van der Waals surface area contributed by atoms with Gasteiger partial charge < -0.3 is 15.2 Å². The summed E-state index contributed by atoms with van der Waals surface area (Å²) in [4.78, 5) is 0. The normalized spacial score (nSPS) is 18.8. The molecule has 0 aliphatic heterocycles. The van der Waals surface area contributed by atoms with Gasteiger partial charge in [-0.3, -0.25) is 0 Å². The predicted octanol–water partition coefficient (Wildman–Crippen LogP) is 1.56. The summed E-state index contributed by atoms with van der Waals surface area (Å²) in [5, 5.41) is 12.6. The monoisotopic (exact) mass is 239 g/mol. The Labute approximate surface area is 101 Å². The maximum Gasteiger partial charge on any atom is 0.126 e. The Morgan fingerprint density at radius 1 is 1.53 bits per heavy atom. The second-order valence-corrected chi connectivity index (χ2v) is 4.58. The summed E-state index contributed by atoms with van der Waals surface area (Å²) in [5.74, 6) is 0.637. The topological polar surface area (TPSA) is 41.5 Å². The van der Waals surface area contributed by atoms with Gasteiger partial charge in [-0.25, -0.2) is 4.39 Å². The fourth-order valence-electron chi connectivity index (χ4n) is 2.05. The molecule has 17 heavy (non-hydrogen) atoms. The average molecular weight is 239 g/mol. The summed E-state index contributed by atoms with van der Waals surface area (Å²) < 4.78 is 18.5. The zero-order valence-electron chi connectivity index (χ0n) is 9.95. The average Bonchev–Trinajstić information content (AvgIpc) is 3.16. The molecule has 1 atom stereocenters. The van der Waals surface area contributed by atoms with Gasteiger partial charge in [0.05, 0.1) is 12.1 Å². The molecule has 1 aliphatic carbocycles. The molecule has 4 heteroatoms. The van der Waals surface area contributed by atoms with Crippen LogP contribution in [0.1, 0.15) is 12.8 Å². The van der Waals surface area contributed by atoms with Crippen LogP contribution in [0.5, 0.6) is 5.75 Å². The molecule has 0 bridgehead atoms. The van der Waals surface area contributed by atoms with Gasteiger partial charge in [0.1, 0.15) is 18.2 Å². The molecule has 0 amide bonds. The lowest BCUT2D eigenvalue weighted by molar-refractivity contribution is 0.0913. The Bertz CT molecular complexity index is 375. The minimum atomic E-state index is -0.397. The Balaban J connectivity index is 2.00. The molecule has 2 N–H and O–H groups in total. The van der Waals surface area contributed by atoms with Gasteiger partial charge in [0.15, 0.2) is 0 Å². The predicted molar refractivity (Wildman–Crippen MR) is 63.5 cm³/mol. The van der Waals surface area contributed by atoms with Crippen LogP contribution < -0.4 is 10.1 Å². The number of aliphatic hydroxyl groups excluding tert-OH is 1. The first-order valence-corrected chi connectivity index (χ1v) is 5.88. The first-order valence-electron chi connectivity index (χ1n) is 5.88. The highest BCUT2D eigenvalue weighted by atomic mass is 19.1. The number of hydrogen-bond donors (Lipinski definition) is 2. The van der Waals surface area contributed by atoms with E-state index in [1.54, 1.807) is 12.1 Å². The third-order valence-corrected chi connectivity index (χ3v) is 3.43. The van der Waals surface area contributed by atoms with Gasteiger partial charge in [-0.1, -0.05) is 6.07 Å². The number of benzene rings is 1. The van der Waals surface area contributed by atoms with Crippen LogP contribution in [-0.4, -0.2) is 30.9 Å². The van der Waals surface area contributed by atoms with Gasteiger partial charge in [-0.15, -0.1) is 0 Å². The van der Waals surface area contributed by atoms with Crippen LogP contribution in [-0.2, 0) is 0 Å². The molecule has 1 aromatic rings. The Kier molecular flexibility index (Phi) is 3.64. The molecule has 1 unspecified atom stereocenters. The van der Waals surface area contributed by atoms with Crippen molar-refractivity contribution in [1.82, 2.24) is 5.32 Å². The molecule has 0 spiro atoms. The Morgan fingerprint density at radius 3 is 2.82 bits per heavy atom. The van der Waals surface area contributed by atoms with Gasteiger partial charge in [0.2, 0.25) is 0 Å². The van der Waals surface area contributed by atoms with Gasteiger partial charge in [-0.05, 0) is 37.9 Å². The summed E-state index contributed by atoms with van der Waals surface area (Å²) in [6, 6.07) is 6.06. The van der Waals surface area contributed by atoms with Crippen LogP contribution >= 0.6 is 0 Å². The van der Waals surface area contributed by atoms with Gasteiger partial charge >= 0.3 is 0 Å². The molecule has 1 fully saturated rings. The van der Waals surface area contributed by atoms with Crippen molar-refractivity contribution in [3.05, 3.63) is 30.1 Å². The molecule has 0 saturated heterocycles. The maximum absolute atomic E-state index is 13.0. The summed E-state index contributed by atoms with van der Waals surface area (Å²) in [7, 11) is 1.82. The number of rotatable bonds is 6. The number of likely N-dealkylation sites (N-methyl/N-ethyl adjacent to an activating group) is 1. The first-order chi connectivity index (χ1) is 8.20. The third kappa shape index (κ3) is 2.76. The summed E-state index contributed by atoms with van der Waals surface area (Å²) in [6.07, 6.45) is 2.21. The lowest BCUT2D eigenvalue weighted by atomic mass is 9.95. The van der Waals surface area contributed by atoms with Crippen molar-refractivity contribution in [1.29, 1.82) is 0 Å². The van der Waals surface area contributed by atoms with Gasteiger partial charge in [-0.2, -0.15) is 0 Å². The molecule has 2 rings (SSSR count). The molecule has 0 heterocycles. The Morgan fingerprint density at radius 2 is 2.29 bits per heavy atom. The quantitative estimate of drug-likeness (QED) is 0.791. The van der Waals surface area contributed by atoms with E-state index in [2.05, 4.69) is 5.32 Å². The van der Waals surface area contributed by atoms with Crippen LogP contribution in [0.4, 0.5) is 4.39 Å². The third-order valence-electron chi connectivity index (χ3n) is 3.43. The highest BCUT2D eigenvalue weighted by molar-refractivity contribution is 5.22. The van der Waals surface area contributed by atoms with E-state index in [9.17, 15) is 9.50 Å². The van der Waals surface area contributed by atoms with Crippen LogP contribution in [0.25, 0.3) is 0 Å².